The van der Waals surface area contributed by atoms with Crippen LogP contribution >= 0.6 is 15.9 Å². The van der Waals surface area contributed by atoms with Crippen LogP contribution in [-0.4, -0.2) is 44.7 Å². The van der Waals surface area contributed by atoms with Gasteiger partial charge in [0.2, 0.25) is 0 Å². The van der Waals surface area contributed by atoms with Gasteiger partial charge in [0, 0.05) is 38.4 Å². The minimum absolute atomic E-state index is 0.0858. The molecule has 1 atom stereocenters. The molecule has 0 aliphatic carbocycles. The number of furan rings is 1. The summed E-state index contributed by atoms with van der Waals surface area (Å²) in [5, 5.41) is 3.03. The van der Waals surface area contributed by atoms with E-state index in [0.717, 1.165) is 31.0 Å². The van der Waals surface area contributed by atoms with Crippen LogP contribution in [0, 0.1) is 5.92 Å². The first kappa shape index (κ1) is 18.6. The average Bonchev–Trinajstić information content (AvgIpc) is 3.28. The van der Waals surface area contributed by atoms with Gasteiger partial charge in [-0.2, -0.15) is 0 Å². The normalized spacial score (nSPS) is 16.6. The van der Waals surface area contributed by atoms with Gasteiger partial charge in [-0.3, -0.25) is 0 Å². The Balaban J connectivity index is 1.45. The number of nitrogens with zero attached hydrogens (tertiary/aromatic N) is 2. The molecule has 0 spiro atoms. The van der Waals surface area contributed by atoms with Crippen LogP contribution in [0.3, 0.4) is 0 Å². The minimum Gasteiger partial charge on any atom is -0.497 e. The van der Waals surface area contributed by atoms with Crippen molar-refractivity contribution in [3.05, 3.63) is 46.8 Å². The summed E-state index contributed by atoms with van der Waals surface area (Å²) in [4.78, 5) is 16.2. The fourth-order valence-corrected chi connectivity index (χ4v) is 3.49. The Morgan fingerprint density at radius 2 is 2.27 bits per heavy atom. The molecule has 26 heavy (non-hydrogen) atoms. The van der Waals surface area contributed by atoms with Gasteiger partial charge in [0.1, 0.15) is 11.5 Å². The van der Waals surface area contributed by atoms with E-state index in [2.05, 4.69) is 38.3 Å². The van der Waals surface area contributed by atoms with Crippen LogP contribution in [0.25, 0.3) is 0 Å². The van der Waals surface area contributed by atoms with Gasteiger partial charge < -0.3 is 24.3 Å². The lowest BCUT2D eigenvalue weighted by Gasteiger charge is -2.21. The Hall–Kier alpha value is -2.15. The summed E-state index contributed by atoms with van der Waals surface area (Å²) >= 11 is 3.27. The number of urea groups is 1. The van der Waals surface area contributed by atoms with Crippen molar-refractivity contribution in [2.24, 2.45) is 5.92 Å². The smallest absolute Gasteiger partial charge is 0.317 e. The largest absolute Gasteiger partial charge is 0.497 e. The molecule has 2 heterocycles. The number of halogens is 1. The second-order valence-corrected chi connectivity index (χ2v) is 7.33. The van der Waals surface area contributed by atoms with Crippen LogP contribution < -0.4 is 15.0 Å². The molecule has 1 unspecified atom stereocenters. The molecule has 1 saturated heterocycles. The molecule has 3 rings (SSSR count). The third kappa shape index (κ3) is 4.72. The monoisotopic (exact) mass is 421 g/mol. The molecule has 0 bridgehead atoms. The van der Waals surface area contributed by atoms with Gasteiger partial charge in [-0.05, 0) is 52.5 Å². The Morgan fingerprint density at radius 3 is 3.00 bits per heavy atom. The lowest BCUT2D eigenvalue weighted by Crippen LogP contribution is -2.39. The molecular weight excluding hydrogens is 398 g/mol. The van der Waals surface area contributed by atoms with Crippen molar-refractivity contribution in [1.82, 2.24) is 10.2 Å². The van der Waals surface area contributed by atoms with Crippen LogP contribution in [-0.2, 0) is 6.54 Å². The summed E-state index contributed by atoms with van der Waals surface area (Å²) in [5.41, 5.74) is 1.17. The van der Waals surface area contributed by atoms with Crippen molar-refractivity contribution in [3.63, 3.8) is 0 Å². The first-order chi connectivity index (χ1) is 12.5. The van der Waals surface area contributed by atoms with E-state index in [1.165, 1.54) is 5.69 Å². The van der Waals surface area contributed by atoms with E-state index in [9.17, 15) is 4.79 Å². The highest BCUT2D eigenvalue weighted by Gasteiger charge is 2.24. The molecule has 1 N–H and O–H groups in total. The zero-order valence-electron chi connectivity index (χ0n) is 15.1. The van der Waals surface area contributed by atoms with Gasteiger partial charge in [0.25, 0.3) is 0 Å². The van der Waals surface area contributed by atoms with Gasteiger partial charge in [-0.1, -0.05) is 6.07 Å². The molecule has 1 aromatic carbocycles. The fraction of sp³-hybridized carbons (Fsp3) is 0.421. The summed E-state index contributed by atoms with van der Waals surface area (Å²) in [6.45, 7) is 3.04. The van der Waals surface area contributed by atoms with Crippen molar-refractivity contribution < 1.29 is 13.9 Å². The zero-order chi connectivity index (χ0) is 18.5. The number of anilines is 1. The first-order valence-corrected chi connectivity index (χ1v) is 9.46. The van der Waals surface area contributed by atoms with Crippen molar-refractivity contribution in [3.8, 4) is 5.75 Å². The molecule has 2 aromatic rings. The molecular formula is C19H24BrN3O3. The van der Waals surface area contributed by atoms with Crippen LogP contribution in [0.15, 0.2) is 45.5 Å². The quantitative estimate of drug-likeness (QED) is 0.771. The van der Waals surface area contributed by atoms with Gasteiger partial charge >= 0.3 is 6.03 Å². The van der Waals surface area contributed by atoms with Crippen molar-refractivity contribution >= 4 is 27.6 Å². The number of benzene rings is 1. The number of rotatable bonds is 6. The second kappa shape index (κ2) is 8.49. The van der Waals surface area contributed by atoms with Gasteiger partial charge in [0.05, 0.1) is 13.7 Å². The number of carbonyl (C=O) groups excluding carboxylic acids is 1. The molecule has 7 heteroatoms. The van der Waals surface area contributed by atoms with Gasteiger partial charge in [0.15, 0.2) is 4.67 Å². The summed E-state index contributed by atoms with van der Waals surface area (Å²) in [6.07, 6.45) is 1.06. The molecule has 1 aromatic heterocycles. The van der Waals surface area contributed by atoms with Gasteiger partial charge in [-0.25, -0.2) is 4.79 Å². The van der Waals surface area contributed by atoms with E-state index in [1.807, 2.05) is 24.3 Å². The van der Waals surface area contributed by atoms with E-state index < -0.39 is 0 Å². The topological polar surface area (TPSA) is 58.0 Å². The molecule has 1 aliphatic rings. The summed E-state index contributed by atoms with van der Waals surface area (Å²) < 4.78 is 11.4. The zero-order valence-corrected chi connectivity index (χ0v) is 16.7. The molecule has 6 nitrogen and oxygen atoms in total. The molecule has 2 amide bonds. The highest BCUT2D eigenvalue weighted by atomic mass is 79.9. The summed E-state index contributed by atoms with van der Waals surface area (Å²) in [5.74, 6) is 2.06. The van der Waals surface area contributed by atoms with E-state index in [4.69, 9.17) is 9.15 Å². The van der Waals surface area contributed by atoms with Crippen LogP contribution in [0.1, 0.15) is 12.2 Å². The van der Waals surface area contributed by atoms with E-state index in [0.29, 0.717) is 23.7 Å². The molecule has 0 saturated carbocycles. The number of amides is 2. The number of carbonyl (C=O) groups is 1. The number of ether oxygens (including phenoxy) is 1. The standard InChI is InChI=1S/C19H24BrN3O3/c1-22(13-17-6-7-18(20)26-17)19(24)21-11-14-8-9-23(12-14)15-4-3-5-16(10-15)25-2/h3-7,10,14H,8-9,11-13H2,1-2H3,(H,21,24). The van der Waals surface area contributed by atoms with Crippen LogP contribution in [0.4, 0.5) is 10.5 Å². The maximum atomic E-state index is 12.3. The van der Waals surface area contributed by atoms with Crippen molar-refractivity contribution in [1.29, 1.82) is 0 Å². The van der Waals surface area contributed by atoms with Crippen molar-refractivity contribution in [2.45, 2.75) is 13.0 Å². The van der Waals surface area contributed by atoms with E-state index in [1.54, 1.807) is 19.1 Å². The van der Waals surface area contributed by atoms with Gasteiger partial charge in [-0.15, -0.1) is 0 Å². The lowest BCUT2D eigenvalue weighted by atomic mass is 10.1. The third-order valence-electron chi connectivity index (χ3n) is 4.61. The third-order valence-corrected chi connectivity index (χ3v) is 5.04. The molecule has 140 valence electrons. The van der Waals surface area contributed by atoms with Crippen molar-refractivity contribution in [2.75, 3.05) is 38.7 Å². The van der Waals surface area contributed by atoms with Crippen LogP contribution in [0.5, 0.6) is 5.75 Å². The second-order valence-electron chi connectivity index (χ2n) is 6.55. The predicted octanol–water partition coefficient (Wildman–Crippen LogP) is 3.72. The number of nitrogens with one attached hydrogen (secondary N) is 1. The number of hydrogen-bond acceptors (Lipinski definition) is 4. The summed E-state index contributed by atoms with van der Waals surface area (Å²) in [7, 11) is 3.45. The fourth-order valence-electron chi connectivity index (χ4n) is 3.15. The van der Waals surface area contributed by atoms with Crippen LogP contribution in [0.2, 0.25) is 0 Å². The summed E-state index contributed by atoms with van der Waals surface area (Å²) in [6, 6.07) is 11.7. The molecule has 0 radical (unpaired) electrons. The SMILES string of the molecule is COc1cccc(N2CCC(CNC(=O)N(C)Cc3ccc(Br)o3)C2)c1. The number of methoxy groups -OCH3 is 1. The Kier molecular flexibility index (Phi) is 6.08. The average molecular weight is 422 g/mol. The number of hydrogen-bond donors (Lipinski definition) is 1. The predicted molar refractivity (Wildman–Crippen MR) is 105 cm³/mol. The minimum atomic E-state index is -0.0858. The maximum absolute atomic E-state index is 12.3. The van der Waals surface area contributed by atoms with E-state index >= 15 is 0 Å². The highest BCUT2D eigenvalue weighted by molar-refractivity contribution is 9.10. The molecule has 1 fully saturated rings. The highest BCUT2D eigenvalue weighted by Crippen LogP contribution is 2.26. The lowest BCUT2D eigenvalue weighted by molar-refractivity contribution is 0.201. The molecule has 1 aliphatic heterocycles. The Morgan fingerprint density at radius 1 is 1.42 bits per heavy atom. The Bertz CT molecular complexity index is 749. The maximum Gasteiger partial charge on any atom is 0.317 e. The van der Waals surface area contributed by atoms with E-state index in [-0.39, 0.29) is 6.03 Å². The first-order valence-electron chi connectivity index (χ1n) is 8.67. The Labute approximate surface area is 162 Å².